The van der Waals surface area contributed by atoms with Crippen molar-refractivity contribution in [2.24, 2.45) is 7.05 Å². The van der Waals surface area contributed by atoms with Crippen LogP contribution in [0.5, 0.6) is 5.75 Å². The molecule has 0 spiro atoms. The Labute approximate surface area is 201 Å². The van der Waals surface area contributed by atoms with Gasteiger partial charge in [-0.25, -0.2) is 13.6 Å². The maximum absolute atomic E-state index is 14.7. The van der Waals surface area contributed by atoms with Crippen molar-refractivity contribution >= 4 is 22.9 Å². The Balaban J connectivity index is 1.51. The number of halogens is 2. The van der Waals surface area contributed by atoms with Crippen LogP contribution in [0, 0.1) is 0 Å². The number of carbonyl (C=O) groups excluding carboxylic acids is 2. The molecule has 2 aromatic carbocycles. The fourth-order valence-electron chi connectivity index (χ4n) is 3.90. The molecule has 1 aromatic heterocycles. The number of likely N-dealkylation sites (tertiary alicyclic amines) is 1. The van der Waals surface area contributed by atoms with E-state index in [0.29, 0.717) is 23.3 Å². The van der Waals surface area contributed by atoms with Crippen LogP contribution in [0.15, 0.2) is 48.5 Å². The molecule has 10 heteroatoms. The van der Waals surface area contributed by atoms with Gasteiger partial charge in [0.15, 0.2) is 0 Å². The van der Waals surface area contributed by atoms with Crippen molar-refractivity contribution in [3.8, 4) is 5.75 Å². The van der Waals surface area contributed by atoms with Gasteiger partial charge in [-0.3, -0.25) is 14.4 Å². The third-order valence-corrected chi connectivity index (χ3v) is 5.54. The summed E-state index contributed by atoms with van der Waals surface area (Å²) in [5.74, 6) is -3.51. The molecule has 1 fully saturated rings. The van der Waals surface area contributed by atoms with Gasteiger partial charge in [-0.1, -0.05) is 30.3 Å². The first-order chi connectivity index (χ1) is 16.4. The molecule has 0 bridgehead atoms. The molecule has 4 rings (SSSR count). The fraction of sp³-hybridized carbons (Fsp3) is 0.400. The van der Waals surface area contributed by atoms with Gasteiger partial charge in [0.1, 0.15) is 29.7 Å². The summed E-state index contributed by atoms with van der Waals surface area (Å²) < 4.78 is 41.8. The van der Waals surface area contributed by atoms with Crippen molar-refractivity contribution in [1.29, 1.82) is 0 Å². The van der Waals surface area contributed by atoms with Crippen LogP contribution in [-0.4, -0.2) is 57.3 Å². The fourth-order valence-corrected chi connectivity index (χ4v) is 3.90. The van der Waals surface area contributed by atoms with Crippen LogP contribution in [0.2, 0.25) is 0 Å². The topological polar surface area (TPSA) is 85.7 Å². The highest BCUT2D eigenvalue weighted by Crippen LogP contribution is 2.30. The smallest absolute Gasteiger partial charge is 0.410 e. The van der Waals surface area contributed by atoms with Crippen molar-refractivity contribution in [3.63, 3.8) is 0 Å². The second kappa shape index (κ2) is 9.16. The number of carbonyl (C=O) groups is 2. The van der Waals surface area contributed by atoms with E-state index in [1.54, 1.807) is 46.0 Å². The van der Waals surface area contributed by atoms with Crippen LogP contribution < -0.4 is 10.1 Å². The van der Waals surface area contributed by atoms with Gasteiger partial charge in [0.2, 0.25) is 0 Å². The number of rotatable bonds is 5. The molecule has 1 N–H and O–H groups in total. The predicted octanol–water partition coefficient (Wildman–Crippen LogP) is 4.14. The Morgan fingerprint density at radius 3 is 2.57 bits per heavy atom. The van der Waals surface area contributed by atoms with E-state index < -0.39 is 36.1 Å². The minimum atomic E-state index is -3.31. The molecule has 1 aliphatic heterocycles. The number of benzene rings is 2. The van der Waals surface area contributed by atoms with Crippen molar-refractivity contribution in [2.75, 3.05) is 13.1 Å². The lowest BCUT2D eigenvalue weighted by Gasteiger charge is -2.24. The largest absolute Gasteiger partial charge is 0.489 e. The number of ether oxygens (including phenoxy) is 2. The molecular formula is C25H28F2N4O4. The van der Waals surface area contributed by atoms with Gasteiger partial charge in [0.25, 0.3) is 11.8 Å². The summed E-state index contributed by atoms with van der Waals surface area (Å²) in [4.78, 5) is 26.3. The summed E-state index contributed by atoms with van der Waals surface area (Å²) in [6.45, 7) is 4.10. The first-order valence-corrected chi connectivity index (χ1v) is 11.2. The minimum Gasteiger partial charge on any atom is -0.489 e. The average Bonchev–Trinajstić information content (AvgIpc) is 3.26. The number of amides is 2. The van der Waals surface area contributed by atoms with Crippen LogP contribution in [-0.2, 0) is 18.4 Å². The number of hydrogen-bond donors (Lipinski definition) is 1. The van der Waals surface area contributed by atoms with Gasteiger partial charge in [0.05, 0.1) is 18.6 Å². The first-order valence-electron chi connectivity index (χ1n) is 11.2. The van der Waals surface area contributed by atoms with Gasteiger partial charge < -0.3 is 14.8 Å². The lowest BCUT2D eigenvalue weighted by Crippen LogP contribution is -2.47. The third kappa shape index (κ3) is 5.52. The van der Waals surface area contributed by atoms with E-state index in [1.807, 2.05) is 30.3 Å². The Morgan fingerprint density at radius 2 is 1.89 bits per heavy atom. The monoisotopic (exact) mass is 486 g/mol. The van der Waals surface area contributed by atoms with E-state index >= 15 is 0 Å². The Bertz CT molecular complexity index is 1240. The molecule has 1 unspecified atom stereocenters. The molecular weight excluding hydrogens is 458 g/mol. The quantitative estimate of drug-likeness (QED) is 0.586. The standard InChI is InChI=1S/C25H28F2N4O4/c1-24(2,3)35-23(33)31-13-20(25(26,27)15-31)28-22(32)21-18-12-17(10-11-19(18)29-30(21)4)34-14-16-8-6-5-7-9-16/h5-12,20H,13-15H2,1-4H3,(H,28,32). The molecule has 0 radical (unpaired) electrons. The number of nitrogens with one attached hydrogen (secondary N) is 1. The molecule has 0 saturated carbocycles. The predicted molar refractivity (Wildman–Crippen MR) is 125 cm³/mol. The highest BCUT2D eigenvalue weighted by Gasteiger charge is 2.51. The van der Waals surface area contributed by atoms with Gasteiger partial charge in [-0.05, 0) is 44.5 Å². The van der Waals surface area contributed by atoms with E-state index in [9.17, 15) is 18.4 Å². The molecule has 3 aromatic rings. The third-order valence-electron chi connectivity index (χ3n) is 5.54. The van der Waals surface area contributed by atoms with Crippen LogP contribution in [0.3, 0.4) is 0 Å². The molecule has 8 nitrogen and oxygen atoms in total. The highest BCUT2D eigenvalue weighted by molar-refractivity contribution is 6.05. The highest BCUT2D eigenvalue weighted by atomic mass is 19.3. The van der Waals surface area contributed by atoms with Crippen molar-refractivity contribution < 1.29 is 27.8 Å². The summed E-state index contributed by atoms with van der Waals surface area (Å²) in [6, 6.07) is 13.2. The second-order valence-corrected chi connectivity index (χ2v) is 9.57. The normalized spacial score (nSPS) is 17.4. The van der Waals surface area contributed by atoms with Gasteiger partial charge in [0, 0.05) is 12.4 Å². The van der Waals surface area contributed by atoms with Crippen LogP contribution in [0.1, 0.15) is 36.8 Å². The van der Waals surface area contributed by atoms with Gasteiger partial charge in [-0.15, -0.1) is 0 Å². The van der Waals surface area contributed by atoms with E-state index in [2.05, 4.69) is 10.4 Å². The number of aromatic nitrogens is 2. The number of aryl methyl sites for hydroxylation is 1. The number of alkyl halides is 2. The van der Waals surface area contributed by atoms with Crippen LogP contribution in [0.25, 0.3) is 10.9 Å². The lowest BCUT2D eigenvalue weighted by atomic mass is 10.1. The SMILES string of the molecule is Cn1nc2ccc(OCc3ccccc3)cc2c1C(=O)NC1CN(C(=O)OC(C)(C)C)CC1(F)F. The van der Waals surface area contributed by atoms with Gasteiger partial charge in [-0.2, -0.15) is 5.10 Å². The zero-order valence-corrected chi connectivity index (χ0v) is 20.0. The zero-order chi connectivity index (χ0) is 25.4. The van der Waals surface area contributed by atoms with E-state index in [0.717, 1.165) is 10.5 Å². The van der Waals surface area contributed by atoms with Gasteiger partial charge >= 0.3 is 6.09 Å². The Hall–Kier alpha value is -3.69. The summed E-state index contributed by atoms with van der Waals surface area (Å²) in [7, 11) is 1.57. The summed E-state index contributed by atoms with van der Waals surface area (Å²) >= 11 is 0. The Morgan fingerprint density at radius 1 is 1.17 bits per heavy atom. The average molecular weight is 487 g/mol. The minimum absolute atomic E-state index is 0.122. The first kappa shape index (κ1) is 24.4. The summed E-state index contributed by atoms with van der Waals surface area (Å²) in [6.07, 6.45) is -0.847. The maximum Gasteiger partial charge on any atom is 0.410 e. The van der Waals surface area contributed by atoms with Crippen molar-refractivity contribution in [1.82, 2.24) is 20.0 Å². The number of hydrogen-bond acceptors (Lipinski definition) is 5. The molecule has 186 valence electrons. The molecule has 1 saturated heterocycles. The summed E-state index contributed by atoms with van der Waals surface area (Å²) in [5.41, 5.74) is 0.812. The van der Waals surface area contributed by atoms with E-state index in [4.69, 9.17) is 9.47 Å². The van der Waals surface area contributed by atoms with Crippen LogP contribution in [0.4, 0.5) is 13.6 Å². The molecule has 1 atom stereocenters. The zero-order valence-electron chi connectivity index (χ0n) is 20.0. The number of nitrogens with zero attached hydrogens (tertiary/aromatic N) is 3. The Kier molecular flexibility index (Phi) is 6.40. The molecule has 0 aliphatic carbocycles. The molecule has 1 aliphatic rings. The molecule has 2 heterocycles. The second-order valence-electron chi connectivity index (χ2n) is 9.57. The molecule has 2 amide bonds. The van der Waals surface area contributed by atoms with Crippen molar-refractivity contribution in [3.05, 3.63) is 59.8 Å². The van der Waals surface area contributed by atoms with E-state index in [1.165, 1.54) is 4.68 Å². The maximum atomic E-state index is 14.7. The lowest BCUT2D eigenvalue weighted by molar-refractivity contribution is -0.0154. The molecule has 35 heavy (non-hydrogen) atoms. The van der Waals surface area contributed by atoms with Crippen molar-refractivity contribution in [2.45, 2.75) is 44.9 Å². The van der Waals surface area contributed by atoms with Crippen LogP contribution >= 0.6 is 0 Å². The summed E-state index contributed by atoms with van der Waals surface area (Å²) in [5, 5.41) is 7.18. The van der Waals surface area contributed by atoms with E-state index in [-0.39, 0.29) is 12.2 Å². The number of fused-ring (bicyclic) bond motifs is 1.